The van der Waals surface area contributed by atoms with Gasteiger partial charge in [-0.3, -0.25) is 14.2 Å². The van der Waals surface area contributed by atoms with Gasteiger partial charge in [0.25, 0.3) is 11.5 Å². The lowest BCUT2D eigenvalue weighted by Gasteiger charge is -2.30. The number of benzene rings is 2. The summed E-state index contributed by atoms with van der Waals surface area (Å²) in [7, 11) is 3.08. The molecule has 0 fully saturated rings. The number of amides is 1. The first-order chi connectivity index (χ1) is 21.1. The predicted molar refractivity (Wildman–Crippen MR) is 167 cm³/mol. The molecule has 3 heterocycles. The fourth-order valence-corrected chi connectivity index (χ4v) is 6.41. The number of carbonyl (C=O) groups excluding carboxylic acids is 1. The van der Waals surface area contributed by atoms with Crippen LogP contribution < -0.4 is 24.4 Å². The lowest BCUT2D eigenvalue weighted by Crippen LogP contribution is -2.43. The van der Waals surface area contributed by atoms with Gasteiger partial charge >= 0.3 is 5.97 Å². The summed E-state index contributed by atoms with van der Waals surface area (Å²) in [5, 5.41) is 9.71. The van der Waals surface area contributed by atoms with Gasteiger partial charge in [0, 0.05) is 30.3 Å². The molecular formula is C32H30ClN3O7S. The summed E-state index contributed by atoms with van der Waals surface area (Å²) in [5.41, 5.74) is 1.55. The lowest BCUT2D eigenvalue weighted by molar-refractivity contribution is -0.127. The van der Waals surface area contributed by atoms with E-state index in [-0.39, 0.29) is 17.0 Å². The van der Waals surface area contributed by atoms with Crippen LogP contribution in [0.3, 0.4) is 0 Å². The maximum absolute atomic E-state index is 14.1. The van der Waals surface area contributed by atoms with Crippen LogP contribution in [0.4, 0.5) is 0 Å². The van der Waals surface area contributed by atoms with Gasteiger partial charge in [-0.1, -0.05) is 22.9 Å². The minimum atomic E-state index is -1.09. The van der Waals surface area contributed by atoms with E-state index >= 15 is 0 Å². The molecule has 1 N–H and O–H groups in total. The SMILES string of the molecule is CCN(CC)C(=O)C1=C(C)N=c2s/c(=C/c3ccc(-c4cc(C(=O)O)ccc4Cl)o3)c(=O)n2[C@@H]1c1cc(OC)ccc1OC. The molecule has 4 aromatic rings. The van der Waals surface area contributed by atoms with Crippen LogP contribution in [-0.4, -0.2) is 53.8 Å². The monoisotopic (exact) mass is 635 g/mol. The smallest absolute Gasteiger partial charge is 0.335 e. The van der Waals surface area contributed by atoms with E-state index in [1.54, 1.807) is 55.3 Å². The number of allylic oxidation sites excluding steroid dienone is 1. The zero-order chi connectivity index (χ0) is 31.7. The summed E-state index contributed by atoms with van der Waals surface area (Å²) in [6.07, 6.45) is 1.59. The maximum atomic E-state index is 14.1. The standard InChI is InChI=1S/C32H30ClN3O7S/c1-6-35(7-2)30(38)27-17(3)34-32-36(28(27)22-15-19(41-4)9-12-24(22)42-5)29(37)26(44-32)16-20-10-13-25(43-20)21-14-18(31(39)40)8-11-23(21)33/h8-16,28H,6-7H2,1-5H3,(H,39,40)/b26-16+/t28-/m1/s1. The van der Waals surface area contributed by atoms with Gasteiger partial charge in [0.15, 0.2) is 4.80 Å². The zero-order valence-corrected chi connectivity index (χ0v) is 26.3. The second kappa shape index (κ2) is 12.6. The van der Waals surface area contributed by atoms with Crippen molar-refractivity contribution in [2.75, 3.05) is 27.3 Å². The number of methoxy groups -OCH3 is 2. The number of ether oxygens (including phenoxy) is 2. The van der Waals surface area contributed by atoms with Crippen molar-refractivity contribution < 1.29 is 28.6 Å². The average Bonchev–Trinajstić information content (AvgIpc) is 3.60. The summed E-state index contributed by atoms with van der Waals surface area (Å²) in [4.78, 5) is 46.3. The molecule has 2 aromatic carbocycles. The van der Waals surface area contributed by atoms with Gasteiger partial charge < -0.3 is 23.9 Å². The first-order valence-electron chi connectivity index (χ1n) is 13.8. The molecule has 0 saturated heterocycles. The van der Waals surface area contributed by atoms with Crippen LogP contribution in [-0.2, 0) is 4.79 Å². The Balaban J connectivity index is 1.69. The molecule has 12 heteroatoms. The quantitative estimate of drug-likeness (QED) is 0.282. The molecule has 1 atom stereocenters. The van der Waals surface area contributed by atoms with Crippen LogP contribution in [0.25, 0.3) is 17.4 Å². The number of fused-ring (bicyclic) bond motifs is 1. The van der Waals surface area contributed by atoms with Gasteiger partial charge in [-0.15, -0.1) is 0 Å². The number of halogens is 1. The summed E-state index contributed by atoms with van der Waals surface area (Å²) in [5.74, 6) is 0.414. The highest BCUT2D eigenvalue weighted by Gasteiger charge is 2.36. The molecule has 1 amide bonds. The molecule has 1 aliphatic rings. The van der Waals surface area contributed by atoms with Gasteiger partial charge in [0.1, 0.15) is 29.1 Å². The van der Waals surface area contributed by atoms with Crippen molar-refractivity contribution in [2.24, 2.45) is 4.99 Å². The Labute approximate surface area is 261 Å². The number of nitrogens with zero attached hydrogens (tertiary/aromatic N) is 3. The Bertz CT molecular complexity index is 1980. The van der Waals surface area contributed by atoms with Gasteiger partial charge in [0.05, 0.1) is 40.6 Å². The maximum Gasteiger partial charge on any atom is 0.335 e. The van der Waals surface area contributed by atoms with Crippen molar-refractivity contribution in [1.82, 2.24) is 9.47 Å². The summed E-state index contributed by atoms with van der Waals surface area (Å²) >= 11 is 7.50. The van der Waals surface area contributed by atoms with E-state index in [4.69, 9.17) is 30.5 Å². The minimum absolute atomic E-state index is 0.0639. The van der Waals surface area contributed by atoms with Crippen molar-refractivity contribution in [1.29, 1.82) is 0 Å². The van der Waals surface area contributed by atoms with Gasteiger partial charge in [-0.25, -0.2) is 9.79 Å². The number of hydrogen-bond acceptors (Lipinski definition) is 8. The Morgan fingerprint density at radius 2 is 1.86 bits per heavy atom. The van der Waals surface area contributed by atoms with Crippen molar-refractivity contribution in [2.45, 2.75) is 26.8 Å². The van der Waals surface area contributed by atoms with Crippen LogP contribution in [0.2, 0.25) is 5.02 Å². The van der Waals surface area contributed by atoms with Crippen molar-refractivity contribution in [3.63, 3.8) is 0 Å². The van der Waals surface area contributed by atoms with E-state index in [9.17, 15) is 19.5 Å². The average molecular weight is 636 g/mol. The predicted octanol–water partition coefficient (Wildman–Crippen LogP) is 4.73. The third kappa shape index (κ3) is 5.56. The molecule has 1 aliphatic heterocycles. The molecule has 228 valence electrons. The molecule has 0 bridgehead atoms. The Morgan fingerprint density at radius 3 is 2.52 bits per heavy atom. The molecule has 2 aromatic heterocycles. The van der Waals surface area contributed by atoms with Crippen molar-refractivity contribution in [3.8, 4) is 22.8 Å². The second-order valence-corrected chi connectivity index (χ2v) is 11.3. The normalized spacial score (nSPS) is 14.7. The van der Waals surface area contributed by atoms with Gasteiger partial charge in [0.2, 0.25) is 0 Å². The summed E-state index contributed by atoms with van der Waals surface area (Å²) in [6.45, 7) is 6.53. The molecular weight excluding hydrogens is 606 g/mol. The van der Waals surface area contributed by atoms with E-state index < -0.39 is 12.0 Å². The van der Waals surface area contributed by atoms with Crippen LogP contribution in [0.5, 0.6) is 11.5 Å². The number of rotatable bonds is 9. The Hall–Kier alpha value is -4.61. The molecule has 0 unspecified atom stereocenters. The number of carboxylic acids is 1. The van der Waals surface area contributed by atoms with Crippen LogP contribution >= 0.6 is 22.9 Å². The molecule has 44 heavy (non-hydrogen) atoms. The fraction of sp³-hybridized carbons (Fsp3) is 0.250. The van der Waals surface area contributed by atoms with E-state index in [0.29, 0.717) is 72.9 Å². The molecule has 0 spiro atoms. The molecule has 0 radical (unpaired) electrons. The number of likely N-dealkylation sites (N-methyl/N-ethyl adjacent to an activating group) is 1. The number of aromatic carboxylic acids is 1. The molecule has 0 saturated carbocycles. The van der Waals surface area contributed by atoms with Crippen LogP contribution in [0.15, 0.2) is 74.0 Å². The highest BCUT2D eigenvalue weighted by atomic mass is 35.5. The van der Waals surface area contributed by atoms with Crippen LogP contribution in [0, 0.1) is 0 Å². The highest BCUT2D eigenvalue weighted by molar-refractivity contribution is 7.07. The molecule has 10 nitrogen and oxygen atoms in total. The Kier molecular flexibility index (Phi) is 8.80. The van der Waals surface area contributed by atoms with Crippen molar-refractivity contribution >= 4 is 40.9 Å². The number of carbonyl (C=O) groups is 2. The third-order valence-electron chi connectivity index (χ3n) is 7.41. The van der Waals surface area contributed by atoms with Gasteiger partial charge in [-0.05, 0) is 69.3 Å². The minimum Gasteiger partial charge on any atom is -0.497 e. The molecule has 0 aliphatic carbocycles. The number of hydrogen-bond donors (Lipinski definition) is 1. The lowest BCUT2D eigenvalue weighted by atomic mass is 9.93. The Morgan fingerprint density at radius 1 is 1.11 bits per heavy atom. The fourth-order valence-electron chi connectivity index (χ4n) is 5.18. The van der Waals surface area contributed by atoms with E-state index in [2.05, 4.69) is 0 Å². The number of aromatic nitrogens is 1. The summed E-state index contributed by atoms with van der Waals surface area (Å²) < 4.78 is 19.0. The number of thiazole rings is 1. The largest absolute Gasteiger partial charge is 0.497 e. The number of furan rings is 1. The van der Waals surface area contributed by atoms with Gasteiger partial charge in [-0.2, -0.15) is 0 Å². The van der Waals surface area contributed by atoms with E-state index in [1.807, 2.05) is 13.8 Å². The topological polar surface area (TPSA) is 124 Å². The zero-order valence-electron chi connectivity index (χ0n) is 24.7. The first-order valence-corrected chi connectivity index (χ1v) is 15.0. The highest BCUT2D eigenvalue weighted by Crippen LogP contribution is 2.38. The first kappa shape index (κ1) is 30.8. The third-order valence-corrected chi connectivity index (χ3v) is 8.73. The van der Waals surface area contributed by atoms with Crippen LogP contribution in [0.1, 0.15) is 48.5 Å². The second-order valence-electron chi connectivity index (χ2n) is 9.87. The summed E-state index contributed by atoms with van der Waals surface area (Å²) in [6, 6.07) is 12.1. The van der Waals surface area contributed by atoms with Crippen molar-refractivity contribution in [3.05, 3.63) is 101 Å². The molecule has 5 rings (SSSR count). The van der Waals surface area contributed by atoms with E-state index in [0.717, 1.165) is 11.3 Å². The number of carboxylic acid groups (broad SMARTS) is 1. The van der Waals surface area contributed by atoms with E-state index in [1.165, 1.54) is 29.9 Å².